The second-order valence-corrected chi connectivity index (χ2v) is 6.05. The molecule has 4 nitrogen and oxygen atoms in total. The first-order valence-corrected chi connectivity index (χ1v) is 6.82. The molecule has 1 rings (SSSR count). The van der Waals surface area contributed by atoms with Gasteiger partial charge in [-0.3, -0.25) is 4.79 Å². The molecule has 0 fully saturated rings. The summed E-state index contributed by atoms with van der Waals surface area (Å²) in [4.78, 5) is 23.2. The molecule has 0 spiro atoms. The third-order valence-electron chi connectivity index (χ3n) is 3.41. The molecule has 0 saturated heterocycles. The van der Waals surface area contributed by atoms with E-state index in [1.54, 1.807) is 13.8 Å². The highest BCUT2D eigenvalue weighted by Gasteiger charge is 2.28. The van der Waals surface area contributed by atoms with Crippen LogP contribution >= 0.6 is 0 Å². The Balaban J connectivity index is 2.73. The Kier molecular flexibility index (Phi) is 5.31. The summed E-state index contributed by atoms with van der Waals surface area (Å²) in [6, 6.07) is 8.91. The molecule has 0 aliphatic heterocycles. The average molecular weight is 277 g/mol. The van der Waals surface area contributed by atoms with Crippen molar-refractivity contribution in [3.63, 3.8) is 0 Å². The van der Waals surface area contributed by atoms with Gasteiger partial charge in [0.1, 0.15) is 6.04 Å². The molecule has 1 aromatic carbocycles. The number of rotatable bonds is 6. The maximum atomic E-state index is 12.1. The molecule has 0 aromatic heterocycles. The third-order valence-corrected chi connectivity index (χ3v) is 3.41. The Morgan fingerprint density at radius 2 is 1.75 bits per heavy atom. The molecule has 0 aliphatic rings. The molecule has 1 amide bonds. The minimum Gasteiger partial charge on any atom is -0.480 e. The zero-order chi connectivity index (χ0) is 15.3. The van der Waals surface area contributed by atoms with E-state index in [1.807, 2.05) is 44.2 Å². The number of nitrogens with one attached hydrogen (secondary N) is 1. The molecule has 0 saturated carbocycles. The number of benzene rings is 1. The zero-order valence-electron chi connectivity index (χ0n) is 12.5. The SMILES string of the molecule is CC(C)[C@H](NC(=O)CC(C)(C)c1ccccc1)C(=O)O. The lowest BCUT2D eigenvalue weighted by atomic mass is 9.81. The van der Waals surface area contributed by atoms with Gasteiger partial charge in [0.05, 0.1) is 0 Å². The summed E-state index contributed by atoms with van der Waals surface area (Å²) in [7, 11) is 0. The Morgan fingerprint density at radius 1 is 1.20 bits per heavy atom. The van der Waals surface area contributed by atoms with Gasteiger partial charge < -0.3 is 10.4 Å². The van der Waals surface area contributed by atoms with Gasteiger partial charge in [0.15, 0.2) is 0 Å². The van der Waals surface area contributed by atoms with Crippen molar-refractivity contribution in [2.45, 2.75) is 45.6 Å². The van der Waals surface area contributed by atoms with Crippen molar-refractivity contribution in [1.29, 1.82) is 0 Å². The summed E-state index contributed by atoms with van der Waals surface area (Å²) in [5.41, 5.74) is 0.734. The van der Waals surface area contributed by atoms with E-state index in [2.05, 4.69) is 5.32 Å². The summed E-state index contributed by atoms with van der Waals surface area (Å²) in [5.74, 6) is -1.37. The zero-order valence-corrected chi connectivity index (χ0v) is 12.5. The van der Waals surface area contributed by atoms with Crippen LogP contribution < -0.4 is 5.32 Å². The second-order valence-electron chi connectivity index (χ2n) is 6.05. The number of carbonyl (C=O) groups excluding carboxylic acids is 1. The highest BCUT2D eigenvalue weighted by molar-refractivity contribution is 5.84. The van der Waals surface area contributed by atoms with E-state index in [0.29, 0.717) is 0 Å². The third kappa shape index (κ3) is 4.37. The largest absolute Gasteiger partial charge is 0.480 e. The molecule has 110 valence electrons. The molecule has 0 heterocycles. The molecule has 1 atom stereocenters. The number of carboxylic acid groups (broad SMARTS) is 1. The summed E-state index contributed by atoms with van der Waals surface area (Å²) < 4.78 is 0. The van der Waals surface area contributed by atoms with Gasteiger partial charge in [-0.15, -0.1) is 0 Å². The van der Waals surface area contributed by atoms with Crippen LogP contribution in [0.4, 0.5) is 0 Å². The summed E-state index contributed by atoms with van der Waals surface area (Å²) in [6.07, 6.45) is 0.257. The number of carboxylic acids is 1. The Morgan fingerprint density at radius 3 is 2.20 bits per heavy atom. The lowest BCUT2D eigenvalue weighted by Gasteiger charge is -2.26. The van der Waals surface area contributed by atoms with Gasteiger partial charge >= 0.3 is 5.97 Å². The summed E-state index contributed by atoms with van der Waals surface area (Å²) in [6.45, 7) is 7.52. The first kappa shape index (κ1) is 16.2. The van der Waals surface area contributed by atoms with E-state index in [-0.39, 0.29) is 23.7 Å². The van der Waals surface area contributed by atoms with Gasteiger partial charge in [-0.1, -0.05) is 58.0 Å². The summed E-state index contributed by atoms with van der Waals surface area (Å²) >= 11 is 0. The van der Waals surface area contributed by atoms with Crippen molar-refractivity contribution in [2.24, 2.45) is 5.92 Å². The van der Waals surface area contributed by atoms with Crippen LogP contribution in [0.2, 0.25) is 0 Å². The van der Waals surface area contributed by atoms with Crippen molar-refractivity contribution in [3.8, 4) is 0 Å². The van der Waals surface area contributed by atoms with Crippen LogP contribution in [0, 0.1) is 5.92 Å². The molecule has 1 aromatic rings. The van der Waals surface area contributed by atoms with Crippen LogP contribution in [0.15, 0.2) is 30.3 Å². The highest BCUT2D eigenvalue weighted by Crippen LogP contribution is 2.26. The van der Waals surface area contributed by atoms with E-state index in [0.717, 1.165) is 5.56 Å². The fourth-order valence-corrected chi connectivity index (χ4v) is 2.13. The average Bonchev–Trinajstić information content (AvgIpc) is 2.35. The number of carbonyl (C=O) groups is 2. The van der Waals surface area contributed by atoms with Crippen molar-refractivity contribution in [3.05, 3.63) is 35.9 Å². The van der Waals surface area contributed by atoms with Gasteiger partial charge in [-0.2, -0.15) is 0 Å². The monoisotopic (exact) mass is 277 g/mol. The fourth-order valence-electron chi connectivity index (χ4n) is 2.13. The van der Waals surface area contributed by atoms with Crippen molar-refractivity contribution in [2.75, 3.05) is 0 Å². The quantitative estimate of drug-likeness (QED) is 0.840. The van der Waals surface area contributed by atoms with Crippen LogP contribution in [0.1, 0.15) is 39.7 Å². The predicted octanol–water partition coefficient (Wildman–Crippen LogP) is 2.58. The molecule has 20 heavy (non-hydrogen) atoms. The maximum Gasteiger partial charge on any atom is 0.326 e. The minimum absolute atomic E-state index is 0.142. The second kappa shape index (κ2) is 6.55. The molecule has 2 N–H and O–H groups in total. The molecular weight excluding hydrogens is 254 g/mol. The predicted molar refractivity (Wildman–Crippen MR) is 78.5 cm³/mol. The Labute approximate surface area is 120 Å². The standard InChI is InChI=1S/C16H23NO3/c1-11(2)14(15(19)20)17-13(18)10-16(3,4)12-8-6-5-7-9-12/h5-9,11,14H,10H2,1-4H3,(H,17,18)(H,19,20)/t14-/m0/s1. The van der Waals surface area contributed by atoms with Crippen LogP contribution in [-0.4, -0.2) is 23.0 Å². The van der Waals surface area contributed by atoms with E-state index in [1.165, 1.54) is 0 Å². The molecular formula is C16H23NO3. The summed E-state index contributed by atoms with van der Waals surface area (Å²) in [5, 5.41) is 11.7. The van der Waals surface area contributed by atoms with E-state index >= 15 is 0 Å². The van der Waals surface area contributed by atoms with Gasteiger partial charge in [0.25, 0.3) is 0 Å². The lowest BCUT2D eigenvalue weighted by molar-refractivity contribution is -0.143. The van der Waals surface area contributed by atoms with Gasteiger partial charge in [0.2, 0.25) is 5.91 Å². The van der Waals surface area contributed by atoms with Gasteiger partial charge in [-0.05, 0) is 16.9 Å². The Bertz CT molecular complexity index is 466. The minimum atomic E-state index is -0.995. The van der Waals surface area contributed by atoms with E-state index < -0.39 is 12.0 Å². The first-order chi connectivity index (χ1) is 9.24. The Hall–Kier alpha value is -1.84. The van der Waals surface area contributed by atoms with Crippen molar-refractivity contribution >= 4 is 11.9 Å². The van der Waals surface area contributed by atoms with Crippen LogP contribution in [0.5, 0.6) is 0 Å². The van der Waals surface area contributed by atoms with E-state index in [4.69, 9.17) is 5.11 Å². The van der Waals surface area contributed by atoms with Gasteiger partial charge in [-0.25, -0.2) is 4.79 Å². The van der Waals surface area contributed by atoms with Gasteiger partial charge in [0, 0.05) is 6.42 Å². The topological polar surface area (TPSA) is 66.4 Å². The maximum absolute atomic E-state index is 12.1. The smallest absolute Gasteiger partial charge is 0.326 e. The molecule has 0 unspecified atom stereocenters. The first-order valence-electron chi connectivity index (χ1n) is 6.82. The molecule has 0 aliphatic carbocycles. The lowest BCUT2D eigenvalue weighted by Crippen LogP contribution is -2.45. The number of amides is 1. The number of hydrogen-bond acceptors (Lipinski definition) is 2. The molecule has 4 heteroatoms. The highest BCUT2D eigenvalue weighted by atomic mass is 16.4. The van der Waals surface area contributed by atoms with Crippen LogP contribution in [-0.2, 0) is 15.0 Å². The molecule has 0 radical (unpaired) electrons. The van der Waals surface area contributed by atoms with Crippen LogP contribution in [0.3, 0.4) is 0 Å². The fraction of sp³-hybridized carbons (Fsp3) is 0.500. The van der Waals surface area contributed by atoms with Crippen LogP contribution in [0.25, 0.3) is 0 Å². The van der Waals surface area contributed by atoms with Crippen molar-refractivity contribution in [1.82, 2.24) is 5.32 Å². The normalized spacial score (nSPS) is 13.1. The van der Waals surface area contributed by atoms with E-state index in [9.17, 15) is 9.59 Å². The van der Waals surface area contributed by atoms with Crippen molar-refractivity contribution < 1.29 is 14.7 Å². The number of hydrogen-bond donors (Lipinski definition) is 2. The molecule has 0 bridgehead atoms. The number of aliphatic carboxylic acids is 1.